The number of hydrogen-bond donors (Lipinski definition) is 1. The van der Waals surface area contributed by atoms with E-state index in [0.717, 1.165) is 12.2 Å². The molecule has 2 heteroatoms. The third-order valence-corrected chi connectivity index (χ3v) is 3.86. The van der Waals surface area contributed by atoms with Crippen LogP contribution in [0.25, 0.3) is 0 Å². The van der Waals surface area contributed by atoms with E-state index in [1.807, 2.05) is 13.1 Å². The molecule has 0 bridgehead atoms. The lowest BCUT2D eigenvalue weighted by molar-refractivity contribution is 0.237. The van der Waals surface area contributed by atoms with E-state index in [1.54, 1.807) is 5.57 Å². The molecule has 1 atom stereocenters. The molecule has 0 aromatic heterocycles. The van der Waals surface area contributed by atoms with Crippen molar-refractivity contribution in [2.24, 2.45) is 0 Å². The average Bonchev–Trinajstić information content (AvgIpc) is 2.46. The molecule has 0 amide bonds. The molecular weight excluding hydrogens is 246 g/mol. The normalized spacial score (nSPS) is 16.9. The number of nitrogens with one attached hydrogen (secondary N) is 1. The van der Waals surface area contributed by atoms with Crippen molar-refractivity contribution >= 4 is 0 Å². The van der Waals surface area contributed by atoms with Crippen molar-refractivity contribution in [1.29, 1.82) is 0 Å². The Hall–Kier alpha value is -1.28. The second kappa shape index (κ2) is 7.49. The quantitative estimate of drug-likeness (QED) is 0.763. The summed E-state index contributed by atoms with van der Waals surface area (Å²) in [6, 6.07) is 8.75. The fourth-order valence-corrected chi connectivity index (χ4v) is 2.85. The van der Waals surface area contributed by atoms with Gasteiger partial charge in [-0.1, -0.05) is 29.8 Å². The maximum absolute atomic E-state index is 5.96. The summed E-state index contributed by atoms with van der Waals surface area (Å²) in [6.07, 6.45) is 8.92. The van der Waals surface area contributed by atoms with Gasteiger partial charge >= 0.3 is 0 Å². The summed E-state index contributed by atoms with van der Waals surface area (Å²) >= 11 is 0. The molecule has 1 unspecified atom stereocenters. The number of ether oxygens (including phenoxy) is 1. The molecule has 2 rings (SSSR count). The van der Waals surface area contributed by atoms with Gasteiger partial charge in [0.05, 0.1) is 6.10 Å². The Bertz CT molecular complexity index is 450. The van der Waals surface area contributed by atoms with Crippen LogP contribution in [0.1, 0.15) is 57.6 Å². The summed E-state index contributed by atoms with van der Waals surface area (Å²) in [5, 5.41) is 3.46. The highest BCUT2D eigenvalue weighted by Crippen LogP contribution is 2.32. The summed E-state index contributed by atoms with van der Waals surface area (Å²) in [7, 11) is 2.04. The number of para-hydroxylation sites is 1. The van der Waals surface area contributed by atoms with Crippen molar-refractivity contribution in [3.8, 4) is 5.75 Å². The van der Waals surface area contributed by atoms with Gasteiger partial charge in [0.15, 0.2) is 0 Å². The van der Waals surface area contributed by atoms with Gasteiger partial charge in [0, 0.05) is 11.6 Å². The van der Waals surface area contributed by atoms with Gasteiger partial charge in [0.2, 0.25) is 0 Å². The Morgan fingerprint density at radius 1 is 1.20 bits per heavy atom. The third-order valence-electron chi connectivity index (χ3n) is 3.86. The number of benzene rings is 1. The van der Waals surface area contributed by atoms with Gasteiger partial charge in [0.1, 0.15) is 5.75 Å². The van der Waals surface area contributed by atoms with Crippen LogP contribution in [0.3, 0.4) is 0 Å². The molecule has 110 valence electrons. The lowest BCUT2D eigenvalue weighted by Gasteiger charge is -2.23. The number of hydrogen-bond acceptors (Lipinski definition) is 2. The highest BCUT2D eigenvalue weighted by molar-refractivity contribution is 5.37. The zero-order chi connectivity index (χ0) is 14.4. The Kier molecular flexibility index (Phi) is 5.66. The van der Waals surface area contributed by atoms with Crippen molar-refractivity contribution in [1.82, 2.24) is 5.32 Å². The Balaban J connectivity index is 2.16. The van der Waals surface area contributed by atoms with Gasteiger partial charge < -0.3 is 10.1 Å². The zero-order valence-electron chi connectivity index (χ0n) is 13.0. The minimum Gasteiger partial charge on any atom is -0.491 e. The summed E-state index contributed by atoms with van der Waals surface area (Å²) in [5.41, 5.74) is 2.87. The molecule has 1 aromatic carbocycles. The van der Waals surface area contributed by atoms with Gasteiger partial charge in [-0.15, -0.1) is 0 Å². The largest absolute Gasteiger partial charge is 0.491 e. The maximum atomic E-state index is 5.96. The van der Waals surface area contributed by atoms with Crippen molar-refractivity contribution in [2.45, 2.75) is 58.1 Å². The molecule has 1 aliphatic rings. The summed E-state index contributed by atoms with van der Waals surface area (Å²) in [6.45, 7) is 4.16. The molecule has 0 radical (unpaired) electrons. The first-order valence-electron chi connectivity index (χ1n) is 7.81. The van der Waals surface area contributed by atoms with Crippen molar-refractivity contribution in [2.75, 3.05) is 7.05 Å². The molecule has 1 N–H and O–H groups in total. The van der Waals surface area contributed by atoms with Crippen molar-refractivity contribution < 1.29 is 4.74 Å². The van der Waals surface area contributed by atoms with Crippen LogP contribution in [0.5, 0.6) is 5.75 Å². The van der Waals surface area contributed by atoms with Gasteiger partial charge in [-0.2, -0.15) is 0 Å². The van der Waals surface area contributed by atoms with Crippen LogP contribution in [-0.4, -0.2) is 13.2 Å². The molecule has 0 saturated heterocycles. The van der Waals surface area contributed by atoms with Gasteiger partial charge in [-0.25, -0.2) is 0 Å². The predicted octanol–water partition coefficient (Wildman–Crippen LogP) is 4.62. The van der Waals surface area contributed by atoms with Gasteiger partial charge in [-0.05, 0) is 59.1 Å². The molecule has 0 saturated carbocycles. The molecule has 0 spiro atoms. The van der Waals surface area contributed by atoms with E-state index >= 15 is 0 Å². The van der Waals surface area contributed by atoms with E-state index in [0.29, 0.717) is 6.04 Å². The Morgan fingerprint density at radius 3 is 2.65 bits per heavy atom. The summed E-state index contributed by atoms with van der Waals surface area (Å²) in [5.74, 6) is 1.01. The highest BCUT2D eigenvalue weighted by Gasteiger charge is 2.17. The van der Waals surface area contributed by atoms with Crippen LogP contribution >= 0.6 is 0 Å². The summed E-state index contributed by atoms with van der Waals surface area (Å²) < 4.78 is 5.96. The third kappa shape index (κ3) is 4.11. The average molecular weight is 273 g/mol. The number of rotatable bonds is 6. The Labute approximate surface area is 123 Å². The molecule has 0 aliphatic heterocycles. The van der Waals surface area contributed by atoms with E-state index < -0.39 is 0 Å². The standard InChI is InChI=1S/C18H27NO/c1-14(2)20-18-12-8-7-11-16(18)17(19-3)13-15-9-5-4-6-10-15/h7-9,11-12,14,17,19H,4-6,10,13H2,1-3H3. The van der Waals surface area contributed by atoms with Crippen LogP contribution in [0, 0.1) is 0 Å². The molecule has 1 aliphatic carbocycles. The monoisotopic (exact) mass is 273 g/mol. The van der Waals surface area contributed by atoms with E-state index in [9.17, 15) is 0 Å². The van der Waals surface area contributed by atoms with E-state index in [-0.39, 0.29) is 6.10 Å². The zero-order valence-corrected chi connectivity index (χ0v) is 13.0. The molecule has 20 heavy (non-hydrogen) atoms. The lowest BCUT2D eigenvalue weighted by atomic mass is 9.91. The van der Waals surface area contributed by atoms with Crippen LogP contribution in [0.15, 0.2) is 35.9 Å². The lowest BCUT2D eigenvalue weighted by Crippen LogP contribution is -2.19. The fourth-order valence-electron chi connectivity index (χ4n) is 2.85. The molecular formula is C18H27NO. The molecule has 1 aromatic rings. The van der Waals surface area contributed by atoms with E-state index in [4.69, 9.17) is 4.74 Å². The summed E-state index contributed by atoms with van der Waals surface area (Å²) in [4.78, 5) is 0. The van der Waals surface area contributed by atoms with Gasteiger partial charge in [0.25, 0.3) is 0 Å². The van der Waals surface area contributed by atoms with Crippen LogP contribution in [0.2, 0.25) is 0 Å². The SMILES string of the molecule is CNC(CC1=CCCCC1)c1ccccc1OC(C)C. The topological polar surface area (TPSA) is 21.3 Å². The molecule has 0 fully saturated rings. The highest BCUT2D eigenvalue weighted by atomic mass is 16.5. The van der Waals surface area contributed by atoms with E-state index in [1.165, 1.54) is 31.2 Å². The first-order valence-corrected chi connectivity index (χ1v) is 7.81. The minimum absolute atomic E-state index is 0.211. The molecule has 0 heterocycles. The second-order valence-corrected chi connectivity index (χ2v) is 5.86. The van der Waals surface area contributed by atoms with Crippen LogP contribution in [0.4, 0.5) is 0 Å². The van der Waals surface area contributed by atoms with Gasteiger partial charge in [-0.3, -0.25) is 0 Å². The predicted molar refractivity (Wildman–Crippen MR) is 85.2 cm³/mol. The number of allylic oxidation sites excluding steroid dienone is 1. The minimum atomic E-state index is 0.211. The first kappa shape index (κ1) is 15.1. The maximum Gasteiger partial charge on any atom is 0.124 e. The second-order valence-electron chi connectivity index (χ2n) is 5.86. The molecule has 2 nitrogen and oxygen atoms in total. The van der Waals surface area contributed by atoms with Crippen LogP contribution < -0.4 is 10.1 Å². The van der Waals surface area contributed by atoms with Crippen molar-refractivity contribution in [3.05, 3.63) is 41.5 Å². The first-order chi connectivity index (χ1) is 9.70. The van der Waals surface area contributed by atoms with E-state index in [2.05, 4.69) is 43.4 Å². The Morgan fingerprint density at radius 2 is 2.00 bits per heavy atom. The smallest absolute Gasteiger partial charge is 0.124 e. The fraction of sp³-hybridized carbons (Fsp3) is 0.556. The van der Waals surface area contributed by atoms with Crippen LogP contribution in [-0.2, 0) is 0 Å². The van der Waals surface area contributed by atoms with Crippen molar-refractivity contribution in [3.63, 3.8) is 0 Å².